The summed E-state index contributed by atoms with van der Waals surface area (Å²) in [6, 6.07) is 1.34. The van der Waals surface area contributed by atoms with Gasteiger partial charge in [-0.3, -0.25) is 9.40 Å². The van der Waals surface area contributed by atoms with Gasteiger partial charge >= 0.3 is 0 Å². The smallest absolute Gasteiger partial charge is 0.263 e. The van der Waals surface area contributed by atoms with Gasteiger partial charge in [-0.1, -0.05) is 11.6 Å². The first-order chi connectivity index (χ1) is 9.46. The van der Waals surface area contributed by atoms with Gasteiger partial charge < -0.3 is 5.32 Å². The van der Waals surface area contributed by atoms with E-state index in [9.17, 15) is 8.42 Å². The van der Waals surface area contributed by atoms with E-state index in [1.807, 2.05) is 6.92 Å². The molecule has 0 radical (unpaired) electrons. The molecule has 0 amide bonds. The molecule has 2 aromatic heterocycles. The highest BCUT2D eigenvalue weighted by Gasteiger charge is 2.17. The van der Waals surface area contributed by atoms with E-state index in [4.69, 9.17) is 11.6 Å². The minimum Gasteiger partial charge on any atom is -0.372 e. The fourth-order valence-corrected chi connectivity index (χ4v) is 2.88. The lowest BCUT2D eigenvalue weighted by Gasteiger charge is -2.07. The Hall–Kier alpha value is -1.80. The van der Waals surface area contributed by atoms with Gasteiger partial charge in [0.2, 0.25) is 0 Å². The number of hydrogen-bond donors (Lipinski definition) is 2. The van der Waals surface area contributed by atoms with Gasteiger partial charge in [0.15, 0.2) is 0 Å². The largest absolute Gasteiger partial charge is 0.372 e. The second-order valence-corrected chi connectivity index (χ2v) is 6.03. The van der Waals surface area contributed by atoms with Crippen molar-refractivity contribution < 1.29 is 8.42 Å². The lowest BCUT2D eigenvalue weighted by Crippen LogP contribution is -2.13. The van der Waals surface area contributed by atoms with Crippen molar-refractivity contribution in [3.05, 3.63) is 29.7 Å². The van der Waals surface area contributed by atoms with E-state index in [1.165, 1.54) is 18.5 Å². The lowest BCUT2D eigenvalue weighted by atomic mass is 10.4. The number of nitrogens with one attached hydrogen (secondary N) is 2. The zero-order valence-electron chi connectivity index (χ0n) is 11.0. The number of sulfonamides is 1. The molecule has 20 heavy (non-hydrogen) atoms. The van der Waals surface area contributed by atoms with E-state index < -0.39 is 10.0 Å². The predicted octanol–water partition coefficient (Wildman–Crippen LogP) is 1.79. The zero-order chi connectivity index (χ0) is 14.8. The number of aryl methyl sites for hydroxylation is 1. The molecule has 2 rings (SSSR count). The van der Waals surface area contributed by atoms with Crippen LogP contribution in [0.4, 0.5) is 11.5 Å². The van der Waals surface area contributed by atoms with Crippen LogP contribution in [0, 0.1) is 0 Å². The molecule has 0 bridgehead atoms. The van der Waals surface area contributed by atoms with Crippen LogP contribution in [0.1, 0.15) is 6.92 Å². The quantitative estimate of drug-likeness (QED) is 0.878. The van der Waals surface area contributed by atoms with Crippen LogP contribution in [0.2, 0.25) is 5.02 Å². The summed E-state index contributed by atoms with van der Waals surface area (Å²) in [6.07, 6.45) is 4.29. The Morgan fingerprint density at radius 1 is 1.40 bits per heavy atom. The fourth-order valence-electron chi connectivity index (χ4n) is 1.55. The third-order valence-electron chi connectivity index (χ3n) is 2.57. The Balaban J connectivity index is 2.28. The van der Waals surface area contributed by atoms with Crippen molar-refractivity contribution in [3.8, 4) is 0 Å². The van der Waals surface area contributed by atoms with Gasteiger partial charge in [0.1, 0.15) is 10.7 Å². The van der Waals surface area contributed by atoms with Gasteiger partial charge in [-0.05, 0) is 13.0 Å². The summed E-state index contributed by atoms with van der Waals surface area (Å²) >= 11 is 5.93. The second kappa shape index (κ2) is 5.68. The highest BCUT2D eigenvalue weighted by atomic mass is 35.5. The minimum atomic E-state index is -3.73. The van der Waals surface area contributed by atoms with Crippen LogP contribution < -0.4 is 10.0 Å². The molecule has 2 heterocycles. The van der Waals surface area contributed by atoms with Crippen LogP contribution in [0.15, 0.2) is 29.6 Å². The van der Waals surface area contributed by atoms with Crippen molar-refractivity contribution in [2.45, 2.75) is 18.4 Å². The standard InChI is InChI=1S/C11H14ClN5O2S/c1-3-17-7-8(5-15-17)16-20(18,19)9-4-10(12)11(13-2)14-6-9/h4-7,16H,3H2,1-2H3,(H,13,14). The van der Waals surface area contributed by atoms with Crippen LogP contribution in [-0.4, -0.2) is 30.2 Å². The molecule has 2 N–H and O–H groups in total. The van der Waals surface area contributed by atoms with Crippen LogP contribution in [0.25, 0.3) is 0 Å². The summed E-state index contributed by atoms with van der Waals surface area (Å²) in [5.41, 5.74) is 0.390. The normalized spacial score (nSPS) is 11.3. The topological polar surface area (TPSA) is 88.9 Å². The number of rotatable bonds is 5. The molecule has 0 atom stereocenters. The molecule has 0 aromatic carbocycles. The number of halogens is 1. The predicted molar refractivity (Wildman–Crippen MR) is 77.5 cm³/mol. The molecular weight excluding hydrogens is 302 g/mol. The maximum atomic E-state index is 12.2. The van der Waals surface area contributed by atoms with E-state index in [-0.39, 0.29) is 9.92 Å². The first-order valence-corrected chi connectivity index (χ1v) is 7.71. The minimum absolute atomic E-state index is 0.00857. The summed E-state index contributed by atoms with van der Waals surface area (Å²) in [4.78, 5) is 3.93. The van der Waals surface area contributed by atoms with Crippen LogP contribution in [0.3, 0.4) is 0 Å². The maximum Gasteiger partial charge on any atom is 0.263 e. The Bertz CT molecular complexity index is 713. The van der Waals surface area contributed by atoms with E-state index in [0.717, 1.165) is 0 Å². The van der Waals surface area contributed by atoms with Crippen LogP contribution in [0.5, 0.6) is 0 Å². The molecule has 0 unspecified atom stereocenters. The molecular formula is C11H14ClN5O2S. The Labute approximate surface area is 122 Å². The molecule has 0 saturated heterocycles. The van der Waals surface area contributed by atoms with Gasteiger partial charge in [0, 0.05) is 26.0 Å². The highest BCUT2D eigenvalue weighted by Crippen LogP contribution is 2.23. The van der Waals surface area contributed by atoms with E-state index in [1.54, 1.807) is 17.9 Å². The fraction of sp³-hybridized carbons (Fsp3) is 0.273. The van der Waals surface area contributed by atoms with Gasteiger partial charge in [-0.2, -0.15) is 5.10 Å². The third kappa shape index (κ3) is 3.02. The van der Waals surface area contributed by atoms with E-state index >= 15 is 0 Å². The lowest BCUT2D eigenvalue weighted by molar-refractivity contribution is 0.601. The van der Waals surface area contributed by atoms with Crippen molar-refractivity contribution in [2.75, 3.05) is 17.1 Å². The summed E-state index contributed by atoms with van der Waals surface area (Å²) < 4.78 is 28.4. The highest BCUT2D eigenvalue weighted by molar-refractivity contribution is 7.92. The van der Waals surface area contributed by atoms with E-state index in [0.29, 0.717) is 18.1 Å². The molecule has 7 nitrogen and oxygen atoms in total. The van der Waals surface area contributed by atoms with Crippen molar-refractivity contribution in [2.24, 2.45) is 0 Å². The summed E-state index contributed by atoms with van der Waals surface area (Å²) in [5, 5.41) is 6.99. The summed E-state index contributed by atoms with van der Waals surface area (Å²) in [7, 11) is -2.08. The van der Waals surface area contributed by atoms with Crippen molar-refractivity contribution in [1.29, 1.82) is 0 Å². The van der Waals surface area contributed by atoms with Gasteiger partial charge in [0.25, 0.3) is 10.0 Å². The second-order valence-electron chi connectivity index (χ2n) is 3.94. The molecule has 9 heteroatoms. The monoisotopic (exact) mass is 315 g/mol. The maximum absolute atomic E-state index is 12.2. The number of aromatic nitrogens is 3. The third-order valence-corrected chi connectivity index (χ3v) is 4.21. The molecule has 0 aliphatic rings. The molecule has 108 valence electrons. The molecule has 0 aliphatic heterocycles. The number of nitrogens with zero attached hydrogens (tertiary/aromatic N) is 3. The van der Waals surface area contributed by atoms with Gasteiger partial charge in [0.05, 0.1) is 16.9 Å². The molecule has 0 fully saturated rings. The van der Waals surface area contributed by atoms with Gasteiger partial charge in [-0.15, -0.1) is 0 Å². The average molecular weight is 316 g/mol. The zero-order valence-corrected chi connectivity index (χ0v) is 12.5. The summed E-state index contributed by atoms with van der Waals surface area (Å²) in [6.45, 7) is 2.57. The van der Waals surface area contributed by atoms with Crippen molar-refractivity contribution in [3.63, 3.8) is 0 Å². The van der Waals surface area contributed by atoms with Crippen LogP contribution >= 0.6 is 11.6 Å². The van der Waals surface area contributed by atoms with Gasteiger partial charge in [-0.25, -0.2) is 13.4 Å². The Morgan fingerprint density at radius 2 is 2.15 bits per heavy atom. The van der Waals surface area contributed by atoms with Crippen molar-refractivity contribution in [1.82, 2.24) is 14.8 Å². The first-order valence-electron chi connectivity index (χ1n) is 5.85. The Morgan fingerprint density at radius 3 is 2.70 bits per heavy atom. The first kappa shape index (κ1) is 14.6. The molecule has 2 aromatic rings. The molecule has 0 spiro atoms. The summed E-state index contributed by atoms with van der Waals surface area (Å²) in [5.74, 6) is 0.421. The SMILES string of the molecule is CCn1cc(NS(=O)(=O)c2cnc(NC)c(Cl)c2)cn1. The Kier molecular flexibility index (Phi) is 4.15. The van der Waals surface area contributed by atoms with Crippen molar-refractivity contribution >= 4 is 33.1 Å². The van der Waals surface area contributed by atoms with E-state index in [2.05, 4.69) is 20.1 Å². The molecule has 0 saturated carbocycles. The molecule has 0 aliphatic carbocycles. The average Bonchev–Trinajstić information content (AvgIpc) is 2.85. The number of anilines is 2. The number of hydrogen-bond acceptors (Lipinski definition) is 5. The van der Waals surface area contributed by atoms with Crippen LogP contribution in [-0.2, 0) is 16.6 Å². The number of pyridine rings is 1.